The van der Waals surface area contributed by atoms with Crippen LogP contribution >= 0.6 is 11.8 Å². The van der Waals surface area contributed by atoms with Crippen LogP contribution in [0.3, 0.4) is 0 Å². The van der Waals surface area contributed by atoms with Gasteiger partial charge in [-0.05, 0) is 36.3 Å². The zero-order valence-electron chi connectivity index (χ0n) is 8.39. The largest absolute Gasteiger partial charge is 0.516 e. The minimum atomic E-state index is 0.272. The highest BCUT2D eigenvalue weighted by atomic mass is 32.2. The average molecular weight is 222 g/mol. The molecule has 0 aromatic heterocycles. The molecule has 1 aromatic carbocycles. The van der Waals surface area contributed by atoms with Gasteiger partial charge in [0.25, 0.3) is 0 Å². The number of rotatable bonds is 5. The first kappa shape index (κ1) is 11.7. The molecule has 1 aromatic rings. The third-order valence-corrected chi connectivity index (χ3v) is 2.92. The van der Waals surface area contributed by atoms with Gasteiger partial charge in [0.05, 0.1) is 6.26 Å². The predicted molar refractivity (Wildman–Crippen MR) is 64.5 cm³/mol. The number of hydrogen-bond donors (Lipinski definition) is 2. The molecule has 0 amide bonds. The molecule has 3 heteroatoms. The lowest BCUT2D eigenvalue weighted by Crippen LogP contribution is -1.86. The van der Waals surface area contributed by atoms with Crippen LogP contribution in [0.4, 0.5) is 0 Å². The van der Waals surface area contributed by atoms with Crippen LogP contribution in [0.5, 0.6) is 5.75 Å². The molecular weight excluding hydrogens is 208 g/mol. The average Bonchev–Trinajstić information content (AvgIpc) is 2.22. The van der Waals surface area contributed by atoms with Crippen LogP contribution in [0.1, 0.15) is 5.56 Å². The number of aliphatic hydroxyl groups excluding tert-OH is 1. The van der Waals surface area contributed by atoms with Crippen LogP contribution < -0.4 is 0 Å². The smallest absolute Gasteiger partial charge is 0.115 e. The van der Waals surface area contributed by atoms with Crippen molar-refractivity contribution in [3.8, 4) is 5.75 Å². The van der Waals surface area contributed by atoms with E-state index in [1.165, 1.54) is 0 Å². The Bertz CT molecular complexity index is 359. The molecule has 80 valence electrons. The van der Waals surface area contributed by atoms with Crippen LogP contribution in [-0.4, -0.2) is 16.0 Å². The van der Waals surface area contributed by atoms with E-state index in [1.807, 2.05) is 6.07 Å². The van der Waals surface area contributed by atoms with Gasteiger partial charge in [0, 0.05) is 10.6 Å². The maximum atomic E-state index is 9.34. The summed E-state index contributed by atoms with van der Waals surface area (Å²) < 4.78 is 0. The monoisotopic (exact) mass is 222 g/mol. The highest BCUT2D eigenvalue weighted by molar-refractivity contribution is 7.99. The van der Waals surface area contributed by atoms with E-state index in [0.29, 0.717) is 5.75 Å². The first-order valence-electron chi connectivity index (χ1n) is 4.62. The minimum absolute atomic E-state index is 0.272. The summed E-state index contributed by atoms with van der Waals surface area (Å²) in [6.07, 6.45) is 5.26. The quantitative estimate of drug-likeness (QED) is 0.456. The van der Waals surface area contributed by atoms with Gasteiger partial charge in [-0.3, -0.25) is 0 Å². The van der Waals surface area contributed by atoms with E-state index in [-0.39, 0.29) is 5.75 Å². The van der Waals surface area contributed by atoms with Crippen LogP contribution in [0.25, 0.3) is 0 Å². The zero-order valence-corrected chi connectivity index (χ0v) is 9.20. The minimum Gasteiger partial charge on any atom is -0.516 e. The van der Waals surface area contributed by atoms with Crippen LogP contribution in [0.2, 0.25) is 0 Å². The maximum absolute atomic E-state index is 9.34. The van der Waals surface area contributed by atoms with E-state index < -0.39 is 0 Å². The fraction of sp³-hybridized carbons (Fsp3) is 0.167. The topological polar surface area (TPSA) is 40.5 Å². The van der Waals surface area contributed by atoms with Gasteiger partial charge in [-0.2, -0.15) is 0 Å². The molecule has 0 aliphatic carbocycles. The molecule has 0 heterocycles. The van der Waals surface area contributed by atoms with E-state index in [0.717, 1.165) is 23.1 Å². The Morgan fingerprint density at radius 1 is 1.40 bits per heavy atom. The van der Waals surface area contributed by atoms with Crippen molar-refractivity contribution >= 4 is 11.8 Å². The summed E-state index contributed by atoms with van der Waals surface area (Å²) in [5, 5.41) is 17.8. The Labute approximate surface area is 94.0 Å². The summed E-state index contributed by atoms with van der Waals surface area (Å²) in [6.45, 7) is 3.68. The second-order valence-corrected chi connectivity index (χ2v) is 4.04. The Kier molecular flexibility index (Phi) is 4.84. The first-order valence-corrected chi connectivity index (χ1v) is 5.61. The van der Waals surface area contributed by atoms with Crippen molar-refractivity contribution in [2.75, 3.05) is 5.75 Å². The lowest BCUT2D eigenvalue weighted by Gasteiger charge is -2.06. The molecule has 2 nitrogen and oxygen atoms in total. The second kappa shape index (κ2) is 6.19. The molecular formula is C12H14O2S. The van der Waals surface area contributed by atoms with Crippen molar-refractivity contribution < 1.29 is 10.2 Å². The number of allylic oxidation sites excluding steroid dienone is 1. The van der Waals surface area contributed by atoms with Gasteiger partial charge in [-0.1, -0.05) is 6.08 Å². The summed E-state index contributed by atoms with van der Waals surface area (Å²) in [5.74, 6) is 0.986. The maximum Gasteiger partial charge on any atom is 0.115 e. The summed E-state index contributed by atoms with van der Waals surface area (Å²) in [6, 6.07) is 5.29. The summed E-state index contributed by atoms with van der Waals surface area (Å²) >= 11 is 1.61. The SMILES string of the molecule is C=CCc1cc(O)ccc1SCC=CO. The van der Waals surface area contributed by atoms with Gasteiger partial charge >= 0.3 is 0 Å². The molecule has 0 bridgehead atoms. The van der Waals surface area contributed by atoms with Gasteiger partial charge in [-0.25, -0.2) is 0 Å². The normalized spacial score (nSPS) is 10.7. The second-order valence-electron chi connectivity index (χ2n) is 2.98. The van der Waals surface area contributed by atoms with Gasteiger partial charge in [0.15, 0.2) is 0 Å². The summed E-state index contributed by atoms with van der Waals surface area (Å²) in [4.78, 5) is 1.10. The summed E-state index contributed by atoms with van der Waals surface area (Å²) in [7, 11) is 0. The number of phenols is 1. The third-order valence-electron chi connectivity index (χ3n) is 1.85. The molecule has 15 heavy (non-hydrogen) atoms. The molecule has 0 radical (unpaired) electrons. The highest BCUT2D eigenvalue weighted by Gasteiger charge is 2.02. The van der Waals surface area contributed by atoms with E-state index in [1.54, 1.807) is 36.0 Å². The molecule has 2 N–H and O–H groups in total. The fourth-order valence-electron chi connectivity index (χ4n) is 1.20. The van der Waals surface area contributed by atoms with Crippen LogP contribution in [-0.2, 0) is 6.42 Å². The van der Waals surface area contributed by atoms with E-state index in [2.05, 4.69) is 6.58 Å². The molecule has 0 fully saturated rings. The van der Waals surface area contributed by atoms with Gasteiger partial charge in [0.2, 0.25) is 0 Å². The Morgan fingerprint density at radius 2 is 2.20 bits per heavy atom. The van der Waals surface area contributed by atoms with E-state index in [4.69, 9.17) is 5.11 Å². The highest BCUT2D eigenvalue weighted by Crippen LogP contribution is 2.26. The van der Waals surface area contributed by atoms with Crippen molar-refractivity contribution in [3.63, 3.8) is 0 Å². The predicted octanol–water partition coefficient (Wildman–Crippen LogP) is 3.28. The number of aliphatic hydroxyl groups is 1. The lowest BCUT2D eigenvalue weighted by molar-refractivity contribution is 0.472. The van der Waals surface area contributed by atoms with Crippen molar-refractivity contribution in [2.24, 2.45) is 0 Å². The van der Waals surface area contributed by atoms with Crippen LogP contribution in [0.15, 0.2) is 48.1 Å². The zero-order chi connectivity index (χ0) is 11.1. The lowest BCUT2D eigenvalue weighted by atomic mass is 10.1. The Hall–Kier alpha value is -1.35. The Morgan fingerprint density at radius 3 is 2.87 bits per heavy atom. The molecule has 0 unspecified atom stereocenters. The molecule has 0 aliphatic heterocycles. The number of aromatic hydroxyl groups is 1. The molecule has 0 saturated carbocycles. The molecule has 0 saturated heterocycles. The van der Waals surface area contributed by atoms with E-state index >= 15 is 0 Å². The number of thioether (sulfide) groups is 1. The number of hydrogen-bond acceptors (Lipinski definition) is 3. The third kappa shape index (κ3) is 3.72. The van der Waals surface area contributed by atoms with Crippen molar-refractivity contribution in [1.82, 2.24) is 0 Å². The summed E-state index contributed by atoms with van der Waals surface area (Å²) in [5.41, 5.74) is 1.06. The van der Waals surface area contributed by atoms with Crippen molar-refractivity contribution in [1.29, 1.82) is 0 Å². The number of phenolic OH excluding ortho intramolecular Hbond substituents is 1. The first-order chi connectivity index (χ1) is 7.27. The van der Waals surface area contributed by atoms with Gasteiger partial charge in [-0.15, -0.1) is 18.3 Å². The standard InChI is InChI=1S/C12H14O2S/c1-2-4-10-9-11(14)5-6-12(10)15-8-3-7-13/h2-3,5-7,9,13-14H,1,4,8H2. The van der Waals surface area contributed by atoms with E-state index in [9.17, 15) is 5.11 Å². The number of benzene rings is 1. The molecule has 0 spiro atoms. The van der Waals surface area contributed by atoms with Crippen LogP contribution in [0, 0.1) is 0 Å². The molecule has 0 aliphatic rings. The van der Waals surface area contributed by atoms with Crippen molar-refractivity contribution in [3.05, 3.63) is 48.8 Å². The molecule has 0 atom stereocenters. The van der Waals surface area contributed by atoms with Gasteiger partial charge < -0.3 is 10.2 Å². The Balaban J connectivity index is 2.80. The van der Waals surface area contributed by atoms with Crippen molar-refractivity contribution in [2.45, 2.75) is 11.3 Å². The van der Waals surface area contributed by atoms with Gasteiger partial charge in [0.1, 0.15) is 5.75 Å². The molecule has 1 rings (SSSR count). The fourth-order valence-corrected chi connectivity index (χ4v) is 2.06.